The predicted octanol–water partition coefficient (Wildman–Crippen LogP) is 4.81. The molecule has 3 aromatic carbocycles. The van der Waals surface area contributed by atoms with Crippen molar-refractivity contribution in [3.63, 3.8) is 0 Å². The third-order valence-electron chi connectivity index (χ3n) is 6.56. The van der Waals surface area contributed by atoms with Crippen LogP contribution in [-0.2, 0) is 11.3 Å². The molecule has 2 amide bonds. The summed E-state index contributed by atoms with van der Waals surface area (Å²) in [7, 11) is 0. The van der Waals surface area contributed by atoms with Gasteiger partial charge in [0.15, 0.2) is 0 Å². The van der Waals surface area contributed by atoms with E-state index in [4.69, 9.17) is 0 Å². The van der Waals surface area contributed by atoms with Gasteiger partial charge < -0.3 is 9.80 Å². The van der Waals surface area contributed by atoms with E-state index in [0.717, 1.165) is 41.5 Å². The Hall–Kier alpha value is -3.25. The minimum Gasteiger partial charge on any atom is -0.337 e. The first-order valence-corrected chi connectivity index (χ1v) is 12.2. The lowest BCUT2D eigenvalue weighted by Gasteiger charge is -2.37. The second-order valence-corrected chi connectivity index (χ2v) is 10.3. The fraction of sp³-hybridized carbons (Fsp3) is 0.379. The van der Waals surface area contributed by atoms with Gasteiger partial charge in [0.1, 0.15) is 5.82 Å². The fourth-order valence-corrected chi connectivity index (χ4v) is 4.48. The zero-order valence-corrected chi connectivity index (χ0v) is 20.8. The van der Waals surface area contributed by atoms with E-state index in [-0.39, 0.29) is 17.6 Å². The van der Waals surface area contributed by atoms with Crippen molar-refractivity contribution in [1.29, 1.82) is 0 Å². The highest BCUT2D eigenvalue weighted by Gasteiger charge is 2.28. The van der Waals surface area contributed by atoms with Gasteiger partial charge in [0.05, 0.1) is 0 Å². The van der Waals surface area contributed by atoms with Crippen molar-refractivity contribution in [2.24, 2.45) is 5.41 Å². The van der Waals surface area contributed by atoms with E-state index in [0.29, 0.717) is 26.2 Å². The molecule has 0 aliphatic carbocycles. The van der Waals surface area contributed by atoms with E-state index in [2.05, 4.69) is 4.90 Å². The quantitative estimate of drug-likeness (QED) is 0.514. The van der Waals surface area contributed by atoms with Crippen molar-refractivity contribution in [3.8, 4) is 0 Å². The van der Waals surface area contributed by atoms with E-state index in [1.807, 2.05) is 73.0 Å². The van der Waals surface area contributed by atoms with Crippen molar-refractivity contribution in [2.75, 3.05) is 39.3 Å². The zero-order chi connectivity index (χ0) is 25.0. The Morgan fingerprint density at radius 3 is 2.20 bits per heavy atom. The monoisotopic (exact) mass is 475 g/mol. The van der Waals surface area contributed by atoms with Crippen LogP contribution in [0.15, 0.2) is 66.7 Å². The summed E-state index contributed by atoms with van der Waals surface area (Å²) in [5, 5.41) is 2.20. The average Bonchev–Trinajstić information content (AvgIpc) is 2.86. The smallest absolute Gasteiger partial charge is 0.253 e. The molecule has 35 heavy (non-hydrogen) atoms. The Morgan fingerprint density at radius 1 is 0.886 bits per heavy atom. The summed E-state index contributed by atoms with van der Waals surface area (Å²) < 4.78 is 13.3. The summed E-state index contributed by atoms with van der Waals surface area (Å²) in [4.78, 5) is 32.2. The van der Waals surface area contributed by atoms with Crippen LogP contribution in [0.25, 0.3) is 10.8 Å². The van der Waals surface area contributed by atoms with Gasteiger partial charge in [-0.25, -0.2) is 4.39 Å². The van der Waals surface area contributed by atoms with E-state index in [9.17, 15) is 14.0 Å². The summed E-state index contributed by atoms with van der Waals surface area (Å²) in [6.07, 6.45) is 0. The molecule has 1 fully saturated rings. The van der Waals surface area contributed by atoms with Crippen LogP contribution in [0.3, 0.4) is 0 Å². The molecule has 6 heteroatoms. The highest BCUT2D eigenvalue weighted by molar-refractivity contribution is 5.98. The SMILES string of the molecule is CC(C)(C)C(=O)N(CCN1CCN(C(=O)c2ccc3ccccc3c2)CC1)Cc1ccc(F)cc1. The first-order valence-electron chi connectivity index (χ1n) is 12.2. The molecule has 0 unspecified atom stereocenters. The molecule has 5 nitrogen and oxygen atoms in total. The van der Waals surface area contributed by atoms with Gasteiger partial charge in [0.25, 0.3) is 5.91 Å². The Bertz CT molecular complexity index is 1180. The average molecular weight is 476 g/mol. The van der Waals surface area contributed by atoms with Crippen molar-refractivity contribution in [1.82, 2.24) is 14.7 Å². The van der Waals surface area contributed by atoms with E-state index in [1.54, 1.807) is 12.1 Å². The number of piperazine rings is 1. The van der Waals surface area contributed by atoms with Crippen LogP contribution < -0.4 is 0 Å². The second-order valence-electron chi connectivity index (χ2n) is 10.3. The van der Waals surface area contributed by atoms with Gasteiger partial charge in [0, 0.05) is 56.8 Å². The molecule has 184 valence electrons. The van der Waals surface area contributed by atoms with Crippen LogP contribution >= 0.6 is 0 Å². The number of nitrogens with zero attached hydrogens (tertiary/aromatic N) is 3. The number of hydrogen-bond donors (Lipinski definition) is 0. The Morgan fingerprint density at radius 2 is 1.54 bits per heavy atom. The number of fused-ring (bicyclic) bond motifs is 1. The number of halogens is 1. The summed E-state index contributed by atoms with van der Waals surface area (Å²) in [5.41, 5.74) is 1.14. The maximum atomic E-state index is 13.3. The molecule has 0 atom stereocenters. The van der Waals surface area contributed by atoms with Gasteiger partial charge in [-0.15, -0.1) is 0 Å². The van der Waals surface area contributed by atoms with Crippen molar-refractivity contribution in [3.05, 3.63) is 83.7 Å². The highest BCUT2D eigenvalue weighted by Crippen LogP contribution is 2.20. The van der Waals surface area contributed by atoms with Gasteiger partial charge in [-0.2, -0.15) is 0 Å². The highest BCUT2D eigenvalue weighted by atomic mass is 19.1. The maximum absolute atomic E-state index is 13.3. The molecule has 1 aliphatic rings. The minimum atomic E-state index is -0.495. The lowest BCUT2D eigenvalue weighted by Crippen LogP contribution is -2.51. The fourth-order valence-electron chi connectivity index (χ4n) is 4.48. The number of amides is 2. The number of hydrogen-bond acceptors (Lipinski definition) is 3. The van der Waals surface area contributed by atoms with Crippen molar-refractivity contribution < 1.29 is 14.0 Å². The summed E-state index contributed by atoms with van der Waals surface area (Å²) in [5.74, 6) is -0.137. The number of carbonyl (C=O) groups is 2. The molecule has 0 spiro atoms. The lowest BCUT2D eigenvalue weighted by atomic mass is 9.94. The van der Waals surface area contributed by atoms with Crippen LogP contribution in [0.1, 0.15) is 36.7 Å². The van der Waals surface area contributed by atoms with E-state index >= 15 is 0 Å². The Balaban J connectivity index is 1.34. The number of benzene rings is 3. The van der Waals surface area contributed by atoms with Crippen LogP contribution in [0.5, 0.6) is 0 Å². The van der Waals surface area contributed by atoms with Crippen LogP contribution in [0.2, 0.25) is 0 Å². The van der Waals surface area contributed by atoms with Gasteiger partial charge >= 0.3 is 0 Å². The molecule has 0 bridgehead atoms. The van der Waals surface area contributed by atoms with E-state index < -0.39 is 5.41 Å². The van der Waals surface area contributed by atoms with Crippen LogP contribution in [0, 0.1) is 11.2 Å². The molecule has 1 aliphatic heterocycles. The standard InChI is InChI=1S/C29H34FN3O2/c1-29(2,3)28(35)33(21-22-8-12-26(30)13-9-22)19-16-31-14-17-32(18-15-31)27(34)25-11-10-23-6-4-5-7-24(23)20-25/h4-13,20H,14-19,21H2,1-3H3. The molecule has 4 rings (SSSR count). The first kappa shape index (κ1) is 24.9. The molecule has 0 aromatic heterocycles. The Labute approximate surface area is 207 Å². The third kappa shape index (κ3) is 6.25. The molecule has 0 saturated carbocycles. The molecule has 1 saturated heterocycles. The second kappa shape index (κ2) is 10.6. The summed E-state index contributed by atoms with van der Waals surface area (Å²) >= 11 is 0. The first-order chi connectivity index (χ1) is 16.7. The van der Waals surface area contributed by atoms with Gasteiger partial charge in [0.2, 0.25) is 5.91 Å². The molecule has 3 aromatic rings. The molecular formula is C29H34FN3O2. The minimum absolute atomic E-state index is 0.0660. The van der Waals surface area contributed by atoms with Gasteiger partial charge in [-0.05, 0) is 40.6 Å². The van der Waals surface area contributed by atoms with Crippen LogP contribution in [-0.4, -0.2) is 65.8 Å². The zero-order valence-electron chi connectivity index (χ0n) is 20.8. The Kier molecular flexibility index (Phi) is 7.51. The van der Waals surface area contributed by atoms with Crippen LogP contribution in [0.4, 0.5) is 4.39 Å². The van der Waals surface area contributed by atoms with Crippen molar-refractivity contribution >= 4 is 22.6 Å². The lowest BCUT2D eigenvalue weighted by molar-refractivity contribution is -0.140. The largest absolute Gasteiger partial charge is 0.337 e. The maximum Gasteiger partial charge on any atom is 0.253 e. The molecule has 0 N–H and O–H groups in total. The van der Waals surface area contributed by atoms with E-state index in [1.165, 1.54) is 12.1 Å². The normalized spacial score (nSPS) is 14.8. The predicted molar refractivity (Wildman–Crippen MR) is 138 cm³/mol. The number of carbonyl (C=O) groups excluding carboxylic acids is 2. The third-order valence-corrected chi connectivity index (χ3v) is 6.56. The molecular weight excluding hydrogens is 441 g/mol. The molecule has 1 heterocycles. The number of rotatable bonds is 6. The van der Waals surface area contributed by atoms with Crippen molar-refractivity contribution in [2.45, 2.75) is 27.3 Å². The van der Waals surface area contributed by atoms with Gasteiger partial charge in [-0.1, -0.05) is 63.2 Å². The summed E-state index contributed by atoms with van der Waals surface area (Å²) in [6, 6.07) is 20.3. The van der Waals surface area contributed by atoms with Gasteiger partial charge in [-0.3, -0.25) is 14.5 Å². The molecule has 0 radical (unpaired) electrons. The topological polar surface area (TPSA) is 43.9 Å². The summed E-state index contributed by atoms with van der Waals surface area (Å²) in [6.45, 7) is 10.4.